The van der Waals surface area contributed by atoms with E-state index in [1.807, 2.05) is 24.3 Å². The van der Waals surface area contributed by atoms with Crippen LogP contribution in [-0.2, 0) is 6.42 Å². The highest BCUT2D eigenvalue weighted by molar-refractivity contribution is 6.36. The summed E-state index contributed by atoms with van der Waals surface area (Å²) in [5.41, 5.74) is 1.44. The molecule has 0 atom stereocenters. The van der Waals surface area contributed by atoms with Gasteiger partial charge in [-0.15, -0.1) is 0 Å². The molecule has 2 aromatic carbocycles. The van der Waals surface area contributed by atoms with Gasteiger partial charge in [0.1, 0.15) is 17.4 Å². The summed E-state index contributed by atoms with van der Waals surface area (Å²) < 4.78 is 0. The summed E-state index contributed by atoms with van der Waals surface area (Å²) >= 11 is 6.05. The summed E-state index contributed by atoms with van der Waals surface area (Å²) in [5.74, 6) is -0.0655. The summed E-state index contributed by atoms with van der Waals surface area (Å²) in [6, 6.07) is 9.14. The van der Waals surface area contributed by atoms with Gasteiger partial charge in [0.15, 0.2) is 0 Å². The van der Waals surface area contributed by atoms with Crippen LogP contribution in [0.1, 0.15) is 18.1 Å². The molecular formula is C13H10ClNO. The predicted molar refractivity (Wildman–Crippen MR) is 64.7 cm³/mol. The van der Waals surface area contributed by atoms with E-state index in [0.717, 1.165) is 17.4 Å². The Balaban J connectivity index is 2.88. The van der Waals surface area contributed by atoms with Crippen molar-refractivity contribution in [1.29, 1.82) is 5.26 Å². The van der Waals surface area contributed by atoms with Gasteiger partial charge in [0.05, 0.1) is 5.02 Å². The number of aryl methyl sites for hydroxylation is 1. The number of hydrogen-bond donors (Lipinski definition) is 1. The van der Waals surface area contributed by atoms with Crippen molar-refractivity contribution in [3.8, 4) is 11.8 Å². The SMILES string of the molecule is CCc1ccc2c(C#N)c(O)cc(Cl)c2c1. The fraction of sp³-hybridized carbons (Fsp3) is 0.154. The lowest BCUT2D eigenvalue weighted by molar-refractivity contribution is 0.474. The summed E-state index contributed by atoms with van der Waals surface area (Å²) in [4.78, 5) is 0. The lowest BCUT2D eigenvalue weighted by atomic mass is 10.0. The molecule has 0 aliphatic carbocycles. The quantitative estimate of drug-likeness (QED) is 0.815. The standard InChI is InChI=1S/C13H10ClNO/c1-2-8-3-4-9-10(5-8)12(14)6-13(16)11(9)7-15/h3-6,16H,2H2,1H3. The fourth-order valence-electron chi connectivity index (χ4n) is 1.75. The zero-order valence-corrected chi connectivity index (χ0v) is 9.54. The Morgan fingerprint density at radius 3 is 2.69 bits per heavy atom. The molecule has 2 rings (SSSR count). The van der Waals surface area contributed by atoms with Crippen molar-refractivity contribution in [1.82, 2.24) is 0 Å². The molecule has 2 nitrogen and oxygen atoms in total. The Morgan fingerprint density at radius 2 is 2.06 bits per heavy atom. The molecule has 0 bridgehead atoms. The molecule has 0 spiro atoms. The average molecular weight is 232 g/mol. The zero-order valence-electron chi connectivity index (χ0n) is 8.79. The normalized spacial score (nSPS) is 10.3. The van der Waals surface area contributed by atoms with Crippen LogP contribution in [0.3, 0.4) is 0 Å². The van der Waals surface area contributed by atoms with E-state index in [-0.39, 0.29) is 11.3 Å². The number of halogens is 1. The Morgan fingerprint density at radius 1 is 1.31 bits per heavy atom. The number of phenolic OH excluding ortho intramolecular Hbond substituents is 1. The Bertz CT molecular complexity index is 599. The second kappa shape index (κ2) is 4.03. The molecule has 0 aliphatic rings. The van der Waals surface area contributed by atoms with Gasteiger partial charge < -0.3 is 5.11 Å². The van der Waals surface area contributed by atoms with Gasteiger partial charge in [0.25, 0.3) is 0 Å². The molecular weight excluding hydrogens is 222 g/mol. The summed E-state index contributed by atoms with van der Waals surface area (Å²) in [6.07, 6.45) is 0.912. The van der Waals surface area contributed by atoms with Crippen molar-refractivity contribution in [2.24, 2.45) is 0 Å². The molecule has 0 radical (unpaired) electrons. The first-order chi connectivity index (χ1) is 7.67. The van der Waals surface area contributed by atoms with Crippen molar-refractivity contribution in [3.63, 3.8) is 0 Å². The van der Waals surface area contributed by atoms with Crippen LogP contribution in [-0.4, -0.2) is 5.11 Å². The maximum absolute atomic E-state index is 9.61. The van der Waals surface area contributed by atoms with E-state index in [9.17, 15) is 5.11 Å². The van der Waals surface area contributed by atoms with Crippen molar-refractivity contribution >= 4 is 22.4 Å². The van der Waals surface area contributed by atoms with Gasteiger partial charge in [-0.2, -0.15) is 5.26 Å². The van der Waals surface area contributed by atoms with E-state index in [2.05, 4.69) is 6.92 Å². The molecule has 16 heavy (non-hydrogen) atoms. The van der Waals surface area contributed by atoms with Crippen LogP contribution in [0.2, 0.25) is 5.02 Å². The highest BCUT2D eigenvalue weighted by Gasteiger charge is 2.10. The number of nitriles is 1. The lowest BCUT2D eigenvalue weighted by Crippen LogP contribution is -1.86. The molecule has 0 heterocycles. The van der Waals surface area contributed by atoms with Crippen LogP contribution in [0.4, 0.5) is 0 Å². The molecule has 0 saturated carbocycles. The Kier molecular flexibility index (Phi) is 2.72. The van der Waals surface area contributed by atoms with Crippen LogP contribution in [0.15, 0.2) is 24.3 Å². The molecule has 0 aromatic heterocycles. The molecule has 0 fully saturated rings. The van der Waals surface area contributed by atoms with Gasteiger partial charge in [-0.05, 0) is 18.1 Å². The predicted octanol–water partition coefficient (Wildman–Crippen LogP) is 3.63. The average Bonchev–Trinajstić information content (AvgIpc) is 2.29. The number of nitrogens with zero attached hydrogens (tertiary/aromatic N) is 1. The Labute approximate surface area is 98.7 Å². The summed E-state index contributed by atoms with van der Waals surface area (Å²) in [6.45, 7) is 2.06. The molecule has 0 aliphatic heterocycles. The van der Waals surface area contributed by atoms with E-state index in [1.165, 1.54) is 6.07 Å². The first-order valence-electron chi connectivity index (χ1n) is 5.01. The van der Waals surface area contributed by atoms with E-state index >= 15 is 0 Å². The molecule has 0 unspecified atom stereocenters. The van der Waals surface area contributed by atoms with Gasteiger partial charge in [0.2, 0.25) is 0 Å². The third kappa shape index (κ3) is 1.60. The number of fused-ring (bicyclic) bond motifs is 1. The van der Waals surface area contributed by atoms with Crippen molar-refractivity contribution in [2.75, 3.05) is 0 Å². The summed E-state index contributed by atoms with van der Waals surface area (Å²) in [5, 5.41) is 20.6. The monoisotopic (exact) mass is 231 g/mol. The first kappa shape index (κ1) is 10.8. The summed E-state index contributed by atoms with van der Waals surface area (Å²) in [7, 11) is 0. The number of benzene rings is 2. The van der Waals surface area contributed by atoms with Gasteiger partial charge in [0, 0.05) is 16.8 Å². The number of aromatic hydroxyl groups is 1. The van der Waals surface area contributed by atoms with Crippen molar-refractivity contribution in [2.45, 2.75) is 13.3 Å². The minimum atomic E-state index is -0.0655. The van der Waals surface area contributed by atoms with Gasteiger partial charge in [-0.3, -0.25) is 0 Å². The Hall–Kier alpha value is -1.72. The van der Waals surface area contributed by atoms with E-state index < -0.39 is 0 Å². The van der Waals surface area contributed by atoms with Crippen LogP contribution >= 0.6 is 11.6 Å². The van der Waals surface area contributed by atoms with Gasteiger partial charge >= 0.3 is 0 Å². The smallest absolute Gasteiger partial charge is 0.135 e. The lowest BCUT2D eigenvalue weighted by Gasteiger charge is -2.06. The second-order valence-corrected chi connectivity index (χ2v) is 4.01. The molecule has 3 heteroatoms. The third-order valence-electron chi connectivity index (χ3n) is 2.65. The van der Waals surface area contributed by atoms with Crippen molar-refractivity contribution < 1.29 is 5.11 Å². The highest BCUT2D eigenvalue weighted by atomic mass is 35.5. The third-order valence-corrected chi connectivity index (χ3v) is 2.96. The van der Waals surface area contributed by atoms with Crippen LogP contribution < -0.4 is 0 Å². The topological polar surface area (TPSA) is 44.0 Å². The van der Waals surface area contributed by atoms with Crippen LogP contribution in [0, 0.1) is 11.3 Å². The molecule has 0 saturated heterocycles. The fourth-order valence-corrected chi connectivity index (χ4v) is 2.01. The molecule has 1 N–H and O–H groups in total. The van der Waals surface area contributed by atoms with Crippen molar-refractivity contribution in [3.05, 3.63) is 40.4 Å². The maximum Gasteiger partial charge on any atom is 0.135 e. The van der Waals surface area contributed by atoms with Gasteiger partial charge in [-0.25, -0.2) is 0 Å². The van der Waals surface area contributed by atoms with Crippen LogP contribution in [0.25, 0.3) is 10.8 Å². The maximum atomic E-state index is 9.61. The van der Waals surface area contributed by atoms with Gasteiger partial charge in [-0.1, -0.05) is 30.7 Å². The number of rotatable bonds is 1. The molecule has 2 aromatic rings. The van der Waals surface area contributed by atoms with E-state index in [4.69, 9.17) is 16.9 Å². The molecule has 80 valence electrons. The largest absolute Gasteiger partial charge is 0.506 e. The van der Waals surface area contributed by atoms with E-state index in [0.29, 0.717) is 10.4 Å². The minimum Gasteiger partial charge on any atom is -0.506 e. The number of phenols is 1. The van der Waals surface area contributed by atoms with E-state index in [1.54, 1.807) is 0 Å². The highest BCUT2D eigenvalue weighted by Crippen LogP contribution is 2.33. The first-order valence-corrected chi connectivity index (χ1v) is 5.39. The molecule has 0 amide bonds. The number of hydrogen-bond acceptors (Lipinski definition) is 2. The zero-order chi connectivity index (χ0) is 11.7. The minimum absolute atomic E-state index is 0.0655. The second-order valence-electron chi connectivity index (χ2n) is 3.60. The van der Waals surface area contributed by atoms with Crippen LogP contribution in [0.5, 0.6) is 5.75 Å².